The average Bonchev–Trinajstić information content (AvgIpc) is 3.42. The Balaban J connectivity index is 1.48. The molecular formula is C24H26FN7O2. The van der Waals surface area contributed by atoms with Gasteiger partial charge < -0.3 is 25.0 Å². The fourth-order valence-electron chi connectivity index (χ4n) is 4.04. The Morgan fingerprint density at radius 2 is 2.00 bits per heavy atom. The molecule has 0 unspecified atom stereocenters. The number of anilines is 3. The molecule has 3 aromatic heterocycles. The topological polar surface area (TPSA) is 115 Å². The minimum absolute atomic E-state index is 0.0147. The minimum Gasteiger partial charge on any atom is -0.421 e. The summed E-state index contributed by atoms with van der Waals surface area (Å²) in [5, 5.41) is 20.7. The van der Waals surface area contributed by atoms with Crippen molar-refractivity contribution in [3.63, 3.8) is 0 Å². The number of aromatic amines is 2. The number of aliphatic hydroxyl groups is 1. The number of aromatic nitrogens is 5. The van der Waals surface area contributed by atoms with Gasteiger partial charge in [-0.2, -0.15) is 15.1 Å². The summed E-state index contributed by atoms with van der Waals surface area (Å²) in [6, 6.07) is 8.72. The number of allylic oxidation sites excluding steroid dienone is 1. The van der Waals surface area contributed by atoms with Gasteiger partial charge in [-0.1, -0.05) is 6.08 Å². The van der Waals surface area contributed by atoms with Crippen molar-refractivity contribution in [2.24, 2.45) is 0 Å². The van der Waals surface area contributed by atoms with E-state index in [1.165, 1.54) is 0 Å². The summed E-state index contributed by atoms with van der Waals surface area (Å²) in [6.45, 7) is 5.09. The fourth-order valence-corrected chi connectivity index (χ4v) is 4.04. The number of ether oxygens (including phenoxy) is 1. The zero-order valence-electron chi connectivity index (χ0n) is 19.0. The summed E-state index contributed by atoms with van der Waals surface area (Å²) < 4.78 is 20.9. The number of aliphatic hydroxyl groups excluding tert-OH is 1. The van der Waals surface area contributed by atoms with Crippen molar-refractivity contribution in [1.82, 2.24) is 25.1 Å². The van der Waals surface area contributed by atoms with Crippen molar-refractivity contribution in [2.75, 3.05) is 23.3 Å². The maximum Gasteiger partial charge on any atom is 0.326 e. The normalized spacial score (nSPS) is 14.9. The van der Waals surface area contributed by atoms with Gasteiger partial charge in [0.05, 0.1) is 11.8 Å². The van der Waals surface area contributed by atoms with Gasteiger partial charge in [0.1, 0.15) is 11.6 Å². The third kappa shape index (κ3) is 4.58. The maximum atomic E-state index is 15.1. The lowest BCUT2D eigenvalue weighted by Crippen LogP contribution is -2.36. The van der Waals surface area contributed by atoms with E-state index in [-0.39, 0.29) is 17.9 Å². The molecule has 1 aliphatic rings. The van der Waals surface area contributed by atoms with Crippen molar-refractivity contribution >= 4 is 34.4 Å². The molecule has 1 saturated heterocycles. The first-order valence-corrected chi connectivity index (χ1v) is 11.2. The van der Waals surface area contributed by atoms with Crippen LogP contribution >= 0.6 is 0 Å². The van der Waals surface area contributed by atoms with Crippen molar-refractivity contribution in [1.29, 1.82) is 0 Å². The maximum absolute atomic E-state index is 15.1. The van der Waals surface area contributed by atoms with Crippen LogP contribution in [0.15, 0.2) is 36.4 Å². The number of benzene rings is 1. The van der Waals surface area contributed by atoms with E-state index in [4.69, 9.17) is 4.74 Å². The van der Waals surface area contributed by atoms with Crippen molar-refractivity contribution < 1.29 is 14.2 Å². The Morgan fingerprint density at radius 1 is 1.18 bits per heavy atom. The van der Waals surface area contributed by atoms with Crippen LogP contribution < -0.4 is 15.0 Å². The lowest BCUT2D eigenvalue weighted by molar-refractivity contribution is 0.145. The molecule has 0 amide bonds. The molecule has 9 nitrogen and oxygen atoms in total. The molecule has 0 radical (unpaired) electrons. The van der Waals surface area contributed by atoms with E-state index in [1.54, 1.807) is 24.3 Å². The summed E-state index contributed by atoms with van der Waals surface area (Å²) in [7, 11) is 0. The zero-order chi connectivity index (χ0) is 23.7. The monoisotopic (exact) mass is 463 g/mol. The van der Waals surface area contributed by atoms with E-state index >= 15 is 4.39 Å². The molecule has 34 heavy (non-hydrogen) atoms. The van der Waals surface area contributed by atoms with Crippen molar-refractivity contribution in [3.05, 3.63) is 53.6 Å². The number of hydrogen-bond donors (Lipinski definition) is 4. The number of halogens is 1. The molecule has 1 aromatic carbocycles. The van der Waals surface area contributed by atoms with Crippen LogP contribution in [-0.2, 0) is 0 Å². The third-order valence-electron chi connectivity index (χ3n) is 5.72. The van der Waals surface area contributed by atoms with Gasteiger partial charge in [0.2, 0.25) is 0 Å². The van der Waals surface area contributed by atoms with E-state index in [9.17, 15) is 5.11 Å². The quantitative estimate of drug-likeness (QED) is 0.329. The molecule has 4 aromatic rings. The van der Waals surface area contributed by atoms with Gasteiger partial charge in [-0.05, 0) is 51.0 Å². The first-order chi connectivity index (χ1) is 16.5. The van der Waals surface area contributed by atoms with Gasteiger partial charge in [-0.25, -0.2) is 4.39 Å². The molecular weight excluding hydrogens is 437 g/mol. The first-order valence-electron chi connectivity index (χ1n) is 11.2. The second-order valence-corrected chi connectivity index (χ2v) is 8.34. The molecule has 4 N–H and O–H groups in total. The lowest BCUT2D eigenvalue weighted by atomic mass is 10.1. The smallest absolute Gasteiger partial charge is 0.326 e. The summed E-state index contributed by atoms with van der Waals surface area (Å²) in [5.41, 5.74) is 2.40. The van der Waals surface area contributed by atoms with Crippen LogP contribution in [-0.4, -0.2) is 49.4 Å². The highest BCUT2D eigenvalue weighted by molar-refractivity contribution is 5.82. The summed E-state index contributed by atoms with van der Waals surface area (Å²) in [5.74, 6) is 1.23. The van der Waals surface area contributed by atoms with Gasteiger partial charge in [0.15, 0.2) is 17.4 Å². The molecule has 176 valence electrons. The van der Waals surface area contributed by atoms with Crippen LogP contribution in [0.3, 0.4) is 0 Å². The van der Waals surface area contributed by atoms with Crippen LogP contribution in [0.4, 0.5) is 21.8 Å². The number of fused-ring (bicyclic) bond motifs is 1. The fraction of sp³-hybridized carbons (Fsp3) is 0.292. The largest absolute Gasteiger partial charge is 0.421 e. The highest BCUT2D eigenvalue weighted by Crippen LogP contribution is 2.31. The molecule has 0 atom stereocenters. The van der Waals surface area contributed by atoms with Crippen LogP contribution in [0.1, 0.15) is 31.2 Å². The Hall–Kier alpha value is -3.92. The van der Waals surface area contributed by atoms with Gasteiger partial charge in [-0.15, -0.1) is 0 Å². The number of hydrogen-bond acceptors (Lipinski definition) is 7. The average molecular weight is 464 g/mol. The van der Waals surface area contributed by atoms with Crippen molar-refractivity contribution in [2.45, 2.75) is 32.8 Å². The number of rotatable bonds is 6. The number of nitrogens with zero attached hydrogens (tertiary/aromatic N) is 4. The summed E-state index contributed by atoms with van der Waals surface area (Å²) in [4.78, 5) is 14.2. The highest BCUT2D eigenvalue weighted by Gasteiger charge is 2.21. The number of piperidine rings is 1. The molecule has 0 aliphatic carbocycles. The molecule has 10 heteroatoms. The van der Waals surface area contributed by atoms with Gasteiger partial charge in [-0.3, -0.25) is 5.10 Å². The van der Waals surface area contributed by atoms with Gasteiger partial charge in [0, 0.05) is 41.8 Å². The number of nitrogens with one attached hydrogen (secondary N) is 3. The molecule has 1 aliphatic heterocycles. The molecule has 0 spiro atoms. The van der Waals surface area contributed by atoms with E-state index in [2.05, 4.69) is 35.4 Å². The molecule has 4 heterocycles. The second kappa shape index (κ2) is 9.14. The number of aryl methyl sites for hydroxylation is 1. The lowest BCUT2D eigenvalue weighted by Gasteiger charge is -2.30. The Bertz CT molecular complexity index is 1340. The molecule has 5 rings (SSSR count). The molecule has 1 fully saturated rings. The van der Waals surface area contributed by atoms with Gasteiger partial charge in [0.25, 0.3) is 0 Å². The highest BCUT2D eigenvalue weighted by atomic mass is 19.1. The van der Waals surface area contributed by atoms with Crippen LogP contribution in [0.5, 0.6) is 11.8 Å². The second-order valence-electron chi connectivity index (χ2n) is 8.34. The predicted octanol–water partition coefficient (Wildman–Crippen LogP) is 4.66. The minimum atomic E-state index is -0.477. The van der Waals surface area contributed by atoms with E-state index < -0.39 is 5.82 Å². The van der Waals surface area contributed by atoms with Crippen molar-refractivity contribution in [3.8, 4) is 11.8 Å². The Labute approximate surface area is 195 Å². The standard InChI is InChI=1S/C24H26FN7O2/c1-3-4-15-12-21(31-30-15)27-20-13-22(32-9-7-16(33)8-10-32)29-24(28-20)34-19-6-5-18-17(23(19)25)11-14(2)26-18/h3-6,11-13,16,26,33H,7-10H2,1-2H3,(H2,27,28,29,30,31)/b4-3+. The molecule has 0 bridgehead atoms. The summed E-state index contributed by atoms with van der Waals surface area (Å²) >= 11 is 0. The third-order valence-corrected chi connectivity index (χ3v) is 5.72. The van der Waals surface area contributed by atoms with E-state index in [0.717, 1.165) is 11.4 Å². The van der Waals surface area contributed by atoms with Crippen LogP contribution in [0.2, 0.25) is 0 Å². The van der Waals surface area contributed by atoms with E-state index in [0.29, 0.717) is 54.3 Å². The Morgan fingerprint density at radius 3 is 2.79 bits per heavy atom. The van der Waals surface area contributed by atoms with Crippen LogP contribution in [0.25, 0.3) is 17.0 Å². The molecule has 0 saturated carbocycles. The predicted molar refractivity (Wildman–Crippen MR) is 129 cm³/mol. The zero-order valence-corrected chi connectivity index (χ0v) is 19.0. The van der Waals surface area contributed by atoms with Crippen LogP contribution in [0, 0.1) is 12.7 Å². The Kier molecular flexibility index (Phi) is 5.89. The van der Waals surface area contributed by atoms with E-state index in [1.807, 2.05) is 32.1 Å². The number of H-pyrrole nitrogens is 2. The van der Waals surface area contributed by atoms with Gasteiger partial charge >= 0.3 is 6.01 Å². The SMILES string of the molecule is C/C=C/c1cc(Nc2cc(N3CCC(O)CC3)nc(Oc3ccc4[nH]c(C)cc4c3F)n2)n[nH]1. The first kappa shape index (κ1) is 21.9. The summed E-state index contributed by atoms with van der Waals surface area (Å²) in [6.07, 6.45) is 4.79.